The van der Waals surface area contributed by atoms with Crippen molar-refractivity contribution in [2.45, 2.75) is 64.9 Å². The average molecular weight is 358 g/mol. The van der Waals surface area contributed by atoms with E-state index in [9.17, 15) is 9.59 Å². The number of rotatable bonds is 3. The van der Waals surface area contributed by atoms with Crippen molar-refractivity contribution in [1.29, 1.82) is 0 Å². The van der Waals surface area contributed by atoms with E-state index in [0.29, 0.717) is 30.0 Å². The van der Waals surface area contributed by atoms with Crippen LogP contribution in [0.4, 0.5) is 0 Å². The van der Waals surface area contributed by atoms with E-state index < -0.39 is 0 Å². The van der Waals surface area contributed by atoms with Crippen LogP contribution in [0.25, 0.3) is 0 Å². The molecule has 0 aromatic carbocycles. The molecule has 4 nitrogen and oxygen atoms in total. The van der Waals surface area contributed by atoms with Gasteiger partial charge in [-0.15, -0.1) is 0 Å². The molecule has 2 fully saturated rings. The molecule has 0 N–H and O–H groups in total. The van der Waals surface area contributed by atoms with E-state index in [1.54, 1.807) is 7.11 Å². The summed E-state index contributed by atoms with van der Waals surface area (Å²) in [7, 11) is 1.75. The Balaban J connectivity index is 1.68. The van der Waals surface area contributed by atoms with Crippen molar-refractivity contribution in [1.82, 2.24) is 0 Å². The molecule has 26 heavy (non-hydrogen) atoms. The van der Waals surface area contributed by atoms with Gasteiger partial charge in [-0.1, -0.05) is 13.0 Å². The normalized spacial score (nSPS) is 41.3. The average Bonchev–Trinajstić information content (AvgIpc) is 2.92. The largest absolute Gasteiger partial charge is 0.501 e. The van der Waals surface area contributed by atoms with Crippen LogP contribution in [0.15, 0.2) is 23.5 Å². The molecule has 0 saturated heterocycles. The minimum absolute atomic E-state index is 0.188. The lowest BCUT2D eigenvalue weighted by Gasteiger charge is -2.52. The number of esters is 1. The molecule has 4 aliphatic carbocycles. The van der Waals surface area contributed by atoms with Crippen LogP contribution >= 0.6 is 0 Å². The highest BCUT2D eigenvalue weighted by atomic mass is 16.5. The zero-order valence-electron chi connectivity index (χ0n) is 16.1. The summed E-state index contributed by atoms with van der Waals surface area (Å²) in [6, 6.07) is 0. The van der Waals surface area contributed by atoms with Gasteiger partial charge in [0.2, 0.25) is 0 Å². The molecule has 4 rings (SSSR count). The van der Waals surface area contributed by atoms with Crippen LogP contribution in [-0.4, -0.2) is 25.0 Å². The molecular formula is C22H30O4. The van der Waals surface area contributed by atoms with Crippen LogP contribution in [-0.2, 0) is 19.1 Å². The molecule has 0 spiro atoms. The molecule has 0 bridgehead atoms. The molecule has 0 aromatic heterocycles. The van der Waals surface area contributed by atoms with Gasteiger partial charge in [0.1, 0.15) is 11.9 Å². The summed E-state index contributed by atoms with van der Waals surface area (Å²) in [5.41, 5.74) is 1.15. The summed E-state index contributed by atoms with van der Waals surface area (Å²) in [6.45, 7) is 3.60. The van der Waals surface area contributed by atoms with Gasteiger partial charge in [-0.05, 0) is 61.5 Å². The smallest absolute Gasteiger partial charge is 0.302 e. The Kier molecular flexibility index (Phi) is 4.48. The summed E-state index contributed by atoms with van der Waals surface area (Å²) < 4.78 is 11.2. The quantitative estimate of drug-likeness (QED) is 0.710. The zero-order chi connectivity index (χ0) is 18.5. The topological polar surface area (TPSA) is 52.6 Å². The number of ether oxygens (including phenoxy) is 2. The number of carbonyl (C=O) groups is 2. The van der Waals surface area contributed by atoms with Gasteiger partial charge in [-0.2, -0.15) is 0 Å². The Labute approximate surface area is 156 Å². The van der Waals surface area contributed by atoms with Gasteiger partial charge in [0.15, 0.2) is 0 Å². The van der Waals surface area contributed by atoms with E-state index in [1.165, 1.54) is 12.5 Å². The Hall–Kier alpha value is -1.58. The molecule has 142 valence electrons. The Bertz CT molecular complexity index is 676. The fourth-order valence-corrected chi connectivity index (χ4v) is 6.64. The SMILES string of the molecule is CC[C@]12CC[C@H]3[C@@H](CC=C4C=C(OC)CC[C@@H]43)[C@@H]1C(OC(C)=O)CC2=O. The summed E-state index contributed by atoms with van der Waals surface area (Å²) in [6.07, 6.45) is 10.8. The molecule has 4 heteroatoms. The molecule has 4 aliphatic rings. The highest BCUT2D eigenvalue weighted by molar-refractivity contribution is 5.89. The lowest BCUT2D eigenvalue weighted by molar-refractivity contribution is -0.154. The molecular weight excluding hydrogens is 328 g/mol. The number of hydrogen-bond donors (Lipinski definition) is 0. The fraction of sp³-hybridized carbons (Fsp3) is 0.727. The first-order valence-electron chi connectivity index (χ1n) is 10.1. The summed E-state index contributed by atoms with van der Waals surface area (Å²) >= 11 is 0. The molecule has 0 aromatic rings. The lowest BCUT2D eigenvalue weighted by Crippen LogP contribution is -2.49. The van der Waals surface area contributed by atoms with E-state index in [0.717, 1.165) is 44.3 Å². The summed E-state index contributed by atoms with van der Waals surface area (Å²) in [4.78, 5) is 24.6. The van der Waals surface area contributed by atoms with Crippen LogP contribution < -0.4 is 0 Å². The monoisotopic (exact) mass is 358 g/mol. The van der Waals surface area contributed by atoms with Gasteiger partial charge in [0.25, 0.3) is 0 Å². The van der Waals surface area contributed by atoms with E-state index in [4.69, 9.17) is 9.47 Å². The number of methoxy groups -OCH3 is 1. The molecule has 0 amide bonds. The van der Waals surface area contributed by atoms with Gasteiger partial charge in [0, 0.05) is 31.1 Å². The maximum absolute atomic E-state index is 13.0. The van der Waals surface area contributed by atoms with E-state index in [1.807, 2.05) is 0 Å². The second kappa shape index (κ2) is 6.54. The second-order valence-corrected chi connectivity index (χ2v) is 8.58. The molecule has 2 saturated carbocycles. The second-order valence-electron chi connectivity index (χ2n) is 8.58. The van der Waals surface area contributed by atoms with Gasteiger partial charge in [-0.3, -0.25) is 9.59 Å². The van der Waals surface area contributed by atoms with Crippen LogP contribution in [0, 0.1) is 29.1 Å². The predicted molar refractivity (Wildman–Crippen MR) is 98.1 cm³/mol. The molecule has 0 heterocycles. The first-order chi connectivity index (χ1) is 12.5. The molecule has 1 unspecified atom stereocenters. The number of allylic oxidation sites excluding steroid dienone is 4. The standard InChI is InChI=1S/C22H30O4/c1-4-22-10-9-17-16-8-6-15(25-3)11-14(16)5-7-18(17)21(22)19(12-20(22)24)26-13(2)23/h5,11,16-19,21H,4,6-10,12H2,1-3H3/t16-,17+,18+,19?,21+,22+/m0/s1. The fourth-order valence-electron chi connectivity index (χ4n) is 6.64. The van der Waals surface area contributed by atoms with Crippen LogP contribution in [0.3, 0.4) is 0 Å². The van der Waals surface area contributed by atoms with Crippen molar-refractivity contribution in [3.05, 3.63) is 23.5 Å². The van der Waals surface area contributed by atoms with Crippen molar-refractivity contribution < 1.29 is 19.1 Å². The third-order valence-electron chi connectivity index (χ3n) is 7.73. The minimum atomic E-state index is -0.269. The maximum Gasteiger partial charge on any atom is 0.302 e. The highest BCUT2D eigenvalue weighted by Crippen LogP contribution is 2.61. The van der Waals surface area contributed by atoms with Crippen LogP contribution in [0.5, 0.6) is 0 Å². The minimum Gasteiger partial charge on any atom is -0.501 e. The third-order valence-corrected chi connectivity index (χ3v) is 7.73. The van der Waals surface area contributed by atoms with Crippen molar-refractivity contribution in [3.63, 3.8) is 0 Å². The molecule has 0 radical (unpaired) electrons. The van der Waals surface area contributed by atoms with Crippen molar-refractivity contribution in [3.8, 4) is 0 Å². The predicted octanol–water partition coefficient (Wildman–Crippen LogP) is 4.20. The van der Waals surface area contributed by atoms with Gasteiger partial charge in [0.05, 0.1) is 12.9 Å². The Morgan fingerprint density at radius 1 is 1.31 bits per heavy atom. The van der Waals surface area contributed by atoms with Crippen molar-refractivity contribution in [2.75, 3.05) is 7.11 Å². The molecule has 0 aliphatic heterocycles. The number of hydrogen-bond acceptors (Lipinski definition) is 4. The van der Waals surface area contributed by atoms with Crippen LogP contribution in [0.1, 0.15) is 58.8 Å². The zero-order valence-corrected chi connectivity index (χ0v) is 16.1. The van der Waals surface area contributed by atoms with Gasteiger partial charge in [-0.25, -0.2) is 0 Å². The first kappa shape index (κ1) is 17.8. The Morgan fingerprint density at radius 3 is 2.81 bits per heavy atom. The maximum atomic E-state index is 13.0. The third kappa shape index (κ3) is 2.56. The summed E-state index contributed by atoms with van der Waals surface area (Å²) in [5, 5.41) is 0. The molecule has 6 atom stereocenters. The van der Waals surface area contributed by atoms with Gasteiger partial charge < -0.3 is 9.47 Å². The summed E-state index contributed by atoms with van der Waals surface area (Å²) in [5.74, 6) is 2.95. The highest BCUT2D eigenvalue weighted by Gasteiger charge is 2.62. The number of ketones is 1. The lowest BCUT2D eigenvalue weighted by atomic mass is 9.52. The van der Waals surface area contributed by atoms with E-state index >= 15 is 0 Å². The number of carbonyl (C=O) groups excluding carboxylic acids is 2. The van der Waals surface area contributed by atoms with Crippen molar-refractivity contribution in [2.24, 2.45) is 29.1 Å². The number of fused-ring (bicyclic) bond motifs is 5. The van der Waals surface area contributed by atoms with Gasteiger partial charge >= 0.3 is 5.97 Å². The Morgan fingerprint density at radius 2 is 2.12 bits per heavy atom. The van der Waals surface area contributed by atoms with E-state index in [2.05, 4.69) is 19.1 Å². The van der Waals surface area contributed by atoms with E-state index in [-0.39, 0.29) is 23.4 Å². The van der Waals surface area contributed by atoms with Crippen molar-refractivity contribution >= 4 is 11.8 Å². The number of Topliss-reactive ketones (excluding diaryl/α,β-unsaturated/α-hetero) is 1. The van der Waals surface area contributed by atoms with Crippen LogP contribution in [0.2, 0.25) is 0 Å². The first-order valence-corrected chi connectivity index (χ1v) is 10.1.